The molecule has 0 unspecified atom stereocenters. The number of rotatable bonds is 5. The van der Waals surface area contributed by atoms with Gasteiger partial charge in [-0.1, -0.05) is 25.0 Å². The van der Waals surface area contributed by atoms with Gasteiger partial charge in [0.05, 0.1) is 5.75 Å². The van der Waals surface area contributed by atoms with Gasteiger partial charge in [0.25, 0.3) is 0 Å². The largest absolute Gasteiger partial charge is 0.573 e. The molecule has 0 aromatic heterocycles. The van der Waals surface area contributed by atoms with E-state index in [1.807, 2.05) is 0 Å². The number of carbonyl (C=O) groups excluding carboxylic acids is 1. The Bertz CT molecular complexity index is 468. The van der Waals surface area contributed by atoms with Gasteiger partial charge in [-0.05, 0) is 25.0 Å². The second kappa shape index (κ2) is 6.52. The minimum Gasteiger partial charge on any atom is -0.406 e. The van der Waals surface area contributed by atoms with Gasteiger partial charge in [0.15, 0.2) is 5.78 Å². The highest BCUT2D eigenvalue weighted by Crippen LogP contribution is 2.30. The molecule has 0 saturated heterocycles. The van der Waals surface area contributed by atoms with Crippen molar-refractivity contribution in [3.05, 3.63) is 29.8 Å². The Balaban J connectivity index is 1.93. The summed E-state index contributed by atoms with van der Waals surface area (Å²) in [6, 6.07) is 5.24. The molecule has 1 aliphatic carbocycles. The maximum Gasteiger partial charge on any atom is 0.573 e. The lowest BCUT2D eigenvalue weighted by Crippen LogP contribution is -2.17. The third-order valence-corrected chi connectivity index (χ3v) is 4.51. The Labute approximate surface area is 119 Å². The molecule has 6 heteroatoms. The second-order valence-electron chi connectivity index (χ2n) is 4.72. The number of thioether (sulfide) groups is 1. The molecule has 0 heterocycles. The average Bonchev–Trinajstić information content (AvgIpc) is 2.87. The molecule has 2 rings (SSSR count). The van der Waals surface area contributed by atoms with Gasteiger partial charge in [-0.25, -0.2) is 0 Å². The van der Waals surface area contributed by atoms with Crippen molar-refractivity contribution in [1.29, 1.82) is 0 Å². The fourth-order valence-electron chi connectivity index (χ4n) is 2.20. The normalized spacial score (nSPS) is 16.4. The molecule has 1 aromatic carbocycles. The fourth-order valence-corrected chi connectivity index (χ4v) is 3.42. The van der Waals surface area contributed by atoms with Crippen LogP contribution in [-0.2, 0) is 0 Å². The monoisotopic (exact) mass is 304 g/mol. The van der Waals surface area contributed by atoms with Crippen molar-refractivity contribution < 1.29 is 22.7 Å². The molecule has 1 saturated carbocycles. The van der Waals surface area contributed by atoms with Gasteiger partial charge in [0.2, 0.25) is 0 Å². The Morgan fingerprint density at radius 2 is 2.00 bits per heavy atom. The molecule has 0 bridgehead atoms. The first-order chi connectivity index (χ1) is 9.44. The Morgan fingerprint density at radius 1 is 1.30 bits per heavy atom. The van der Waals surface area contributed by atoms with Crippen LogP contribution in [0.3, 0.4) is 0 Å². The van der Waals surface area contributed by atoms with E-state index in [0.717, 1.165) is 18.9 Å². The molecule has 2 nitrogen and oxygen atoms in total. The van der Waals surface area contributed by atoms with Gasteiger partial charge in [-0.2, -0.15) is 11.8 Å². The first kappa shape index (κ1) is 15.2. The van der Waals surface area contributed by atoms with Crippen molar-refractivity contribution in [2.45, 2.75) is 37.3 Å². The van der Waals surface area contributed by atoms with Crippen LogP contribution in [-0.4, -0.2) is 23.1 Å². The van der Waals surface area contributed by atoms with Gasteiger partial charge in [0.1, 0.15) is 5.75 Å². The smallest absolute Gasteiger partial charge is 0.406 e. The molecular weight excluding hydrogens is 289 g/mol. The number of ketones is 1. The van der Waals surface area contributed by atoms with E-state index in [0.29, 0.717) is 11.0 Å². The number of Topliss-reactive ketones (excluding diaryl/α,β-unsaturated/α-hetero) is 1. The Morgan fingerprint density at radius 3 is 2.65 bits per heavy atom. The molecule has 0 aliphatic heterocycles. The highest BCUT2D eigenvalue weighted by atomic mass is 32.2. The van der Waals surface area contributed by atoms with Gasteiger partial charge in [0, 0.05) is 10.8 Å². The van der Waals surface area contributed by atoms with E-state index in [2.05, 4.69) is 4.74 Å². The second-order valence-corrected chi connectivity index (χ2v) is 6.00. The van der Waals surface area contributed by atoms with Crippen molar-refractivity contribution in [2.75, 3.05) is 5.75 Å². The molecule has 20 heavy (non-hydrogen) atoms. The molecule has 1 aliphatic rings. The lowest BCUT2D eigenvalue weighted by molar-refractivity contribution is -0.274. The van der Waals surface area contributed by atoms with Gasteiger partial charge < -0.3 is 4.74 Å². The van der Waals surface area contributed by atoms with Crippen LogP contribution in [0.1, 0.15) is 36.0 Å². The number of carbonyl (C=O) groups is 1. The number of ether oxygens (including phenoxy) is 1. The Hall–Kier alpha value is -1.17. The maximum atomic E-state index is 12.1. The summed E-state index contributed by atoms with van der Waals surface area (Å²) < 4.78 is 40.2. The predicted molar refractivity (Wildman–Crippen MR) is 72.2 cm³/mol. The molecule has 1 aromatic rings. The topological polar surface area (TPSA) is 26.3 Å². The minimum atomic E-state index is -4.74. The van der Waals surface area contributed by atoms with Crippen LogP contribution in [0.15, 0.2) is 24.3 Å². The van der Waals surface area contributed by atoms with Crippen LogP contribution in [0, 0.1) is 0 Å². The van der Waals surface area contributed by atoms with Crippen LogP contribution in [0.4, 0.5) is 13.2 Å². The van der Waals surface area contributed by atoms with Crippen LogP contribution >= 0.6 is 11.8 Å². The highest BCUT2D eigenvalue weighted by Gasteiger charge is 2.31. The zero-order valence-corrected chi connectivity index (χ0v) is 11.6. The van der Waals surface area contributed by atoms with Crippen molar-refractivity contribution in [1.82, 2.24) is 0 Å². The number of hydrogen-bond acceptors (Lipinski definition) is 3. The zero-order chi connectivity index (χ0) is 14.6. The van der Waals surface area contributed by atoms with Crippen LogP contribution in [0.2, 0.25) is 0 Å². The molecule has 0 atom stereocenters. The quantitative estimate of drug-likeness (QED) is 0.752. The standard InChI is InChI=1S/C14H15F3O2S/c15-14(16,17)19-11-5-3-4-10(8-11)13(18)9-20-12-6-1-2-7-12/h3-5,8,12H,1-2,6-7,9H2. The summed E-state index contributed by atoms with van der Waals surface area (Å²) >= 11 is 1.59. The van der Waals surface area contributed by atoms with Crippen LogP contribution in [0.25, 0.3) is 0 Å². The molecule has 1 fully saturated rings. The maximum absolute atomic E-state index is 12.1. The van der Waals surface area contributed by atoms with E-state index in [1.165, 1.54) is 31.0 Å². The first-order valence-corrected chi connectivity index (χ1v) is 7.49. The molecule has 0 spiro atoms. The van der Waals surface area contributed by atoms with Gasteiger partial charge >= 0.3 is 6.36 Å². The van der Waals surface area contributed by atoms with Crippen molar-refractivity contribution in [3.63, 3.8) is 0 Å². The number of alkyl halides is 3. The fraction of sp³-hybridized carbons (Fsp3) is 0.500. The van der Waals surface area contributed by atoms with E-state index >= 15 is 0 Å². The zero-order valence-electron chi connectivity index (χ0n) is 10.8. The minimum absolute atomic E-state index is 0.158. The number of halogens is 3. The summed E-state index contributed by atoms with van der Waals surface area (Å²) in [5.41, 5.74) is 0.261. The first-order valence-electron chi connectivity index (χ1n) is 6.45. The Kier molecular flexibility index (Phi) is 4.96. The highest BCUT2D eigenvalue weighted by molar-refractivity contribution is 8.00. The third kappa shape index (κ3) is 4.74. The van der Waals surface area contributed by atoms with E-state index in [4.69, 9.17) is 0 Å². The lowest BCUT2D eigenvalue weighted by atomic mass is 10.1. The summed E-state index contributed by atoms with van der Waals surface area (Å²) in [6.07, 6.45) is -0.105. The van der Waals surface area contributed by atoms with Crippen molar-refractivity contribution in [3.8, 4) is 5.75 Å². The summed E-state index contributed by atoms with van der Waals surface area (Å²) in [7, 11) is 0. The van der Waals surface area contributed by atoms with Crippen LogP contribution in [0.5, 0.6) is 5.75 Å². The number of hydrogen-bond donors (Lipinski definition) is 0. The SMILES string of the molecule is O=C(CSC1CCCC1)c1cccc(OC(F)(F)F)c1. The predicted octanol–water partition coefficient (Wildman–Crippen LogP) is 4.44. The molecular formula is C14H15F3O2S. The lowest BCUT2D eigenvalue weighted by Gasteiger charge is -2.10. The molecule has 0 N–H and O–H groups in total. The summed E-state index contributed by atoms with van der Waals surface area (Å²) in [5, 5.41) is 0.508. The summed E-state index contributed by atoms with van der Waals surface area (Å²) in [6.45, 7) is 0. The molecule has 0 amide bonds. The van der Waals surface area contributed by atoms with E-state index in [-0.39, 0.29) is 17.1 Å². The van der Waals surface area contributed by atoms with E-state index in [9.17, 15) is 18.0 Å². The average molecular weight is 304 g/mol. The van der Waals surface area contributed by atoms with E-state index < -0.39 is 6.36 Å². The van der Waals surface area contributed by atoms with E-state index in [1.54, 1.807) is 11.8 Å². The number of benzene rings is 1. The summed E-state index contributed by atoms with van der Waals surface area (Å²) in [4.78, 5) is 12.0. The summed E-state index contributed by atoms with van der Waals surface area (Å²) in [5.74, 6) is -0.205. The van der Waals surface area contributed by atoms with Gasteiger partial charge in [-0.3, -0.25) is 4.79 Å². The van der Waals surface area contributed by atoms with Crippen molar-refractivity contribution >= 4 is 17.5 Å². The third-order valence-electron chi connectivity index (χ3n) is 3.14. The molecule has 0 radical (unpaired) electrons. The van der Waals surface area contributed by atoms with Crippen LogP contribution < -0.4 is 4.74 Å². The van der Waals surface area contributed by atoms with Crippen molar-refractivity contribution in [2.24, 2.45) is 0 Å². The molecule has 110 valence electrons. The van der Waals surface area contributed by atoms with Gasteiger partial charge in [-0.15, -0.1) is 13.2 Å².